The summed E-state index contributed by atoms with van der Waals surface area (Å²) in [5.74, 6) is 0.0876. The van der Waals surface area contributed by atoms with Crippen LogP contribution in [0, 0.1) is 5.82 Å². The maximum atomic E-state index is 14.7. The number of aliphatic imine (C=N–C) groups is 1. The van der Waals surface area contributed by atoms with Gasteiger partial charge in [-0.05, 0) is 42.9 Å². The number of aromatic nitrogens is 2. The topological polar surface area (TPSA) is 71.4 Å². The molecule has 1 saturated carbocycles. The van der Waals surface area contributed by atoms with Gasteiger partial charge in [-0.3, -0.25) is 4.99 Å². The molecule has 2 aliphatic rings. The summed E-state index contributed by atoms with van der Waals surface area (Å²) in [4.78, 5) is 13.2. The smallest absolute Gasteiger partial charge is 0.223 e. The van der Waals surface area contributed by atoms with Crippen molar-refractivity contribution in [2.45, 2.75) is 57.0 Å². The van der Waals surface area contributed by atoms with E-state index in [0.717, 1.165) is 56.5 Å². The van der Waals surface area contributed by atoms with Crippen molar-refractivity contribution in [3.05, 3.63) is 41.3 Å². The van der Waals surface area contributed by atoms with Gasteiger partial charge in [0.1, 0.15) is 5.69 Å². The molecule has 1 aromatic heterocycles. The number of ether oxygens (including phenoxy) is 1. The largest absolute Gasteiger partial charge is 0.383 e. The van der Waals surface area contributed by atoms with Gasteiger partial charge in [-0.1, -0.05) is 26.0 Å². The predicted octanol–water partition coefficient (Wildman–Crippen LogP) is 3.95. The van der Waals surface area contributed by atoms with Crippen molar-refractivity contribution in [2.75, 3.05) is 32.1 Å². The van der Waals surface area contributed by atoms with E-state index in [1.807, 2.05) is 24.4 Å². The van der Waals surface area contributed by atoms with Gasteiger partial charge < -0.3 is 15.4 Å². The van der Waals surface area contributed by atoms with Crippen LogP contribution in [0.3, 0.4) is 0 Å². The summed E-state index contributed by atoms with van der Waals surface area (Å²) in [6.07, 6.45) is 7.43. The fourth-order valence-electron chi connectivity index (χ4n) is 4.49. The molecule has 1 fully saturated rings. The predicted molar refractivity (Wildman–Crippen MR) is 122 cm³/mol. The molecule has 0 amide bonds. The number of anilines is 1. The molecule has 2 heterocycles. The third-order valence-corrected chi connectivity index (χ3v) is 6.32. The molecule has 31 heavy (non-hydrogen) atoms. The maximum Gasteiger partial charge on any atom is 0.223 e. The number of nitrogens with one attached hydrogen (secondary N) is 2. The third-order valence-electron chi connectivity index (χ3n) is 6.32. The molecule has 0 unspecified atom stereocenters. The highest BCUT2D eigenvalue weighted by atomic mass is 19.1. The summed E-state index contributed by atoms with van der Waals surface area (Å²) in [6, 6.07) is 6.80. The molecular formula is C24H32FN5O. The zero-order valence-electron chi connectivity index (χ0n) is 18.6. The number of methoxy groups -OCH3 is 1. The number of benzene rings is 1. The van der Waals surface area contributed by atoms with E-state index in [0.29, 0.717) is 23.7 Å². The molecule has 0 radical (unpaired) electrons. The van der Waals surface area contributed by atoms with Crippen molar-refractivity contribution in [1.82, 2.24) is 15.3 Å². The lowest BCUT2D eigenvalue weighted by atomic mass is 9.79. The first-order valence-corrected chi connectivity index (χ1v) is 11.1. The van der Waals surface area contributed by atoms with Crippen molar-refractivity contribution < 1.29 is 9.13 Å². The summed E-state index contributed by atoms with van der Waals surface area (Å²) < 4.78 is 19.8. The van der Waals surface area contributed by atoms with Crippen LogP contribution in [-0.2, 0) is 10.2 Å². The molecule has 1 aliphatic heterocycles. The number of hydrogen-bond donors (Lipinski definition) is 2. The molecule has 1 aromatic carbocycles. The molecule has 6 nitrogen and oxygen atoms in total. The van der Waals surface area contributed by atoms with Gasteiger partial charge in [-0.15, -0.1) is 0 Å². The number of halogens is 1. The Kier molecular flexibility index (Phi) is 6.62. The Bertz CT molecular complexity index is 938. The van der Waals surface area contributed by atoms with Crippen LogP contribution in [0.1, 0.15) is 50.7 Å². The summed E-state index contributed by atoms with van der Waals surface area (Å²) in [6.45, 7) is 6.67. The van der Waals surface area contributed by atoms with E-state index in [9.17, 15) is 4.39 Å². The molecular weight excluding hydrogens is 393 g/mol. The summed E-state index contributed by atoms with van der Waals surface area (Å²) in [5, 5.41) is 6.96. The summed E-state index contributed by atoms with van der Waals surface area (Å²) in [7, 11) is 1.72. The highest BCUT2D eigenvalue weighted by molar-refractivity contribution is 5.85. The Morgan fingerprint density at radius 2 is 1.94 bits per heavy atom. The molecule has 1 aliphatic carbocycles. The molecule has 7 heteroatoms. The van der Waals surface area contributed by atoms with Crippen molar-refractivity contribution >= 4 is 12.2 Å². The molecule has 166 valence electrons. The fraction of sp³-hybridized carbons (Fsp3) is 0.542. The van der Waals surface area contributed by atoms with Gasteiger partial charge in [0.2, 0.25) is 5.95 Å². The maximum absolute atomic E-state index is 14.7. The van der Waals surface area contributed by atoms with E-state index in [1.165, 1.54) is 11.8 Å². The lowest BCUT2D eigenvalue weighted by Crippen LogP contribution is -2.38. The Balaban J connectivity index is 1.46. The Morgan fingerprint density at radius 1 is 1.16 bits per heavy atom. The first-order valence-electron chi connectivity index (χ1n) is 11.1. The molecule has 2 aromatic rings. The Labute approximate surface area is 183 Å². The van der Waals surface area contributed by atoms with Gasteiger partial charge in [0.05, 0.1) is 12.8 Å². The van der Waals surface area contributed by atoms with Crippen LogP contribution in [0.2, 0.25) is 0 Å². The van der Waals surface area contributed by atoms with Crippen LogP contribution in [0.5, 0.6) is 0 Å². The van der Waals surface area contributed by atoms with Crippen molar-refractivity contribution in [3.63, 3.8) is 0 Å². The Morgan fingerprint density at radius 3 is 2.71 bits per heavy atom. The molecule has 0 spiro atoms. The zero-order chi connectivity index (χ0) is 21.8. The van der Waals surface area contributed by atoms with Gasteiger partial charge in [0.15, 0.2) is 5.82 Å². The monoisotopic (exact) mass is 425 g/mol. The molecule has 2 N–H and O–H groups in total. The number of rotatable bonds is 7. The first kappa shape index (κ1) is 21.8. The average Bonchev–Trinajstić information content (AvgIpc) is 2.76. The molecule has 4 rings (SSSR count). The van der Waals surface area contributed by atoms with Gasteiger partial charge in [-0.2, -0.15) is 0 Å². The van der Waals surface area contributed by atoms with Gasteiger partial charge in [-0.25, -0.2) is 14.4 Å². The van der Waals surface area contributed by atoms with Crippen LogP contribution in [0.15, 0.2) is 29.4 Å². The number of nitrogens with zero attached hydrogens (tertiary/aromatic N) is 3. The van der Waals surface area contributed by atoms with E-state index < -0.39 is 5.82 Å². The van der Waals surface area contributed by atoms with E-state index in [2.05, 4.69) is 39.4 Å². The molecule has 0 bridgehead atoms. The number of fused-ring (bicyclic) bond motifs is 1. The minimum absolute atomic E-state index is 0.0827. The van der Waals surface area contributed by atoms with E-state index in [-0.39, 0.29) is 5.41 Å². The van der Waals surface area contributed by atoms with Crippen LogP contribution in [0.25, 0.3) is 11.3 Å². The lowest BCUT2D eigenvalue weighted by molar-refractivity contribution is 0.191. The van der Waals surface area contributed by atoms with Crippen LogP contribution in [-0.4, -0.2) is 55.1 Å². The van der Waals surface area contributed by atoms with Crippen LogP contribution >= 0.6 is 0 Å². The second kappa shape index (κ2) is 9.40. The summed E-state index contributed by atoms with van der Waals surface area (Å²) >= 11 is 0. The minimum Gasteiger partial charge on any atom is -0.383 e. The van der Waals surface area contributed by atoms with Gasteiger partial charge in [0, 0.05) is 49.5 Å². The van der Waals surface area contributed by atoms with Crippen molar-refractivity contribution in [2.24, 2.45) is 4.99 Å². The van der Waals surface area contributed by atoms with Gasteiger partial charge in [0.25, 0.3) is 0 Å². The normalized spacial score (nSPS) is 22.2. The third kappa shape index (κ3) is 5.10. The first-order chi connectivity index (χ1) is 15.0. The van der Waals surface area contributed by atoms with Crippen molar-refractivity contribution in [3.8, 4) is 11.3 Å². The van der Waals surface area contributed by atoms with Crippen LogP contribution in [0.4, 0.5) is 10.3 Å². The highest BCUT2D eigenvalue weighted by Crippen LogP contribution is 2.33. The Hall–Kier alpha value is -2.38. The lowest BCUT2D eigenvalue weighted by Gasteiger charge is -2.30. The van der Waals surface area contributed by atoms with Gasteiger partial charge >= 0.3 is 0 Å². The van der Waals surface area contributed by atoms with E-state index >= 15 is 0 Å². The second-order valence-corrected chi connectivity index (χ2v) is 9.19. The van der Waals surface area contributed by atoms with Crippen molar-refractivity contribution in [1.29, 1.82) is 0 Å². The highest BCUT2D eigenvalue weighted by Gasteiger charge is 2.27. The standard InChI is InChI=1S/C24H32FN5O/c1-24(2)15-26-13-17-5-4-16(12-20(17)24)22-21(25)14-28-23(30-22)29-19-8-6-18(7-9-19)27-10-11-31-3/h4-5,12-14,18-19,27H,6-11,15H2,1-3H3,(H,28,29,30). The fourth-order valence-corrected chi connectivity index (χ4v) is 4.49. The van der Waals surface area contributed by atoms with E-state index in [1.54, 1.807) is 7.11 Å². The summed E-state index contributed by atoms with van der Waals surface area (Å²) in [5.41, 5.74) is 3.29. The average molecular weight is 426 g/mol. The quantitative estimate of drug-likeness (QED) is 0.657. The number of hydrogen-bond acceptors (Lipinski definition) is 6. The minimum atomic E-state index is -0.404. The zero-order valence-corrected chi connectivity index (χ0v) is 18.6. The molecule has 0 atom stereocenters. The molecule has 0 saturated heterocycles. The van der Waals surface area contributed by atoms with E-state index in [4.69, 9.17) is 4.74 Å². The second-order valence-electron chi connectivity index (χ2n) is 9.19. The van der Waals surface area contributed by atoms with Crippen LogP contribution < -0.4 is 10.6 Å². The SMILES string of the molecule is COCCNC1CCC(Nc2ncc(F)c(-c3ccc4c(c3)C(C)(C)CN=C4)n2)CC1.